The van der Waals surface area contributed by atoms with Crippen LogP contribution in [0.3, 0.4) is 0 Å². The molecule has 2 heterocycles. The summed E-state index contributed by atoms with van der Waals surface area (Å²) in [6.07, 6.45) is 2.73. The summed E-state index contributed by atoms with van der Waals surface area (Å²) in [4.78, 5) is 17.0. The summed E-state index contributed by atoms with van der Waals surface area (Å²) in [5.41, 5.74) is 5.32. The molecule has 2 aliphatic rings. The van der Waals surface area contributed by atoms with Crippen molar-refractivity contribution in [3.63, 3.8) is 0 Å². The molecule has 1 amide bonds. The van der Waals surface area contributed by atoms with Gasteiger partial charge in [-0.2, -0.15) is 0 Å². The molecule has 2 aromatic rings. The summed E-state index contributed by atoms with van der Waals surface area (Å²) in [7, 11) is -3.73. The van der Waals surface area contributed by atoms with Crippen molar-refractivity contribution < 1.29 is 13.2 Å². The lowest BCUT2D eigenvalue weighted by molar-refractivity contribution is -0.117. The number of aryl methyl sites for hydroxylation is 2. The van der Waals surface area contributed by atoms with E-state index in [1.165, 1.54) is 17.2 Å². The van der Waals surface area contributed by atoms with E-state index in [2.05, 4.69) is 30.0 Å². The molecule has 7 heteroatoms. The van der Waals surface area contributed by atoms with Gasteiger partial charge in [0.1, 0.15) is 0 Å². The highest BCUT2D eigenvalue weighted by Crippen LogP contribution is 2.32. The molecule has 142 valence electrons. The van der Waals surface area contributed by atoms with Crippen LogP contribution in [0.2, 0.25) is 0 Å². The van der Waals surface area contributed by atoms with Gasteiger partial charge in [-0.15, -0.1) is 0 Å². The minimum Gasteiger partial charge on any atom is -0.362 e. The monoisotopic (exact) mass is 385 g/mol. The zero-order chi connectivity index (χ0) is 19.2. The fourth-order valence-electron chi connectivity index (χ4n) is 4.03. The third-order valence-electron chi connectivity index (χ3n) is 5.35. The van der Waals surface area contributed by atoms with Crippen LogP contribution in [0, 0.1) is 6.92 Å². The topological polar surface area (TPSA) is 83.7 Å². The number of hydrogen-bond donors (Lipinski definition) is 1. The van der Waals surface area contributed by atoms with Gasteiger partial charge < -0.3 is 9.80 Å². The number of primary sulfonamides is 1. The van der Waals surface area contributed by atoms with Crippen molar-refractivity contribution >= 4 is 27.3 Å². The molecule has 0 saturated carbocycles. The first-order valence-electron chi connectivity index (χ1n) is 9.13. The minimum absolute atomic E-state index is 0.0329. The Labute approximate surface area is 159 Å². The van der Waals surface area contributed by atoms with E-state index in [4.69, 9.17) is 5.14 Å². The number of rotatable bonds is 3. The standard InChI is InChI=1S/C20H23N3O3S/c1-14-4-6-18-15(11-14)3-2-9-22(18)13-20(24)23-10-8-16-12-17(27(21,25)26)5-7-19(16)23/h4-7,11-12H,2-3,8-10,13H2,1H3,(H2,21,25,26). The lowest BCUT2D eigenvalue weighted by atomic mass is 9.99. The van der Waals surface area contributed by atoms with Gasteiger partial charge in [0.15, 0.2) is 0 Å². The van der Waals surface area contributed by atoms with Gasteiger partial charge in [0.2, 0.25) is 15.9 Å². The lowest BCUT2D eigenvalue weighted by Crippen LogP contribution is -2.41. The number of anilines is 2. The average molecular weight is 385 g/mol. The van der Waals surface area contributed by atoms with Gasteiger partial charge in [-0.25, -0.2) is 13.6 Å². The average Bonchev–Trinajstić information content (AvgIpc) is 3.04. The van der Waals surface area contributed by atoms with E-state index in [1.807, 2.05) is 0 Å². The molecule has 0 fully saturated rings. The second-order valence-corrected chi connectivity index (χ2v) is 8.85. The largest absolute Gasteiger partial charge is 0.362 e. The molecular formula is C20H23N3O3S. The SMILES string of the molecule is Cc1ccc2c(c1)CCCN2CC(=O)N1CCc2cc(S(N)(=O)=O)ccc21. The fraction of sp³-hybridized carbons (Fsp3) is 0.350. The van der Waals surface area contributed by atoms with Gasteiger partial charge in [-0.05, 0) is 61.6 Å². The van der Waals surface area contributed by atoms with Gasteiger partial charge in [0.25, 0.3) is 0 Å². The Morgan fingerprint density at radius 3 is 2.56 bits per heavy atom. The molecule has 0 bridgehead atoms. The molecule has 0 aromatic heterocycles. The van der Waals surface area contributed by atoms with Crippen molar-refractivity contribution in [3.05, 3.63) is 53.1 Å². The Hall–Kier alpha value is -2.38. The number of nitrogens with two attached hydrogens (primary N) is 1. The molecule has 0 spiro atoms. The highest BCUT2D eigenvalue weighted by Gasteiger charge is 2.28. The quantitative estimate of drug-likeness (QED) is 0.876. The molecule has 0 radical (unpaired) electrons. The van der Waals surface area contributed by atoms with Crippen LogP contribution in [0.15, 0.2) is 41.3 Å². The van der Waals surface area contributed by atoms with Crippen LogP contribution in [0.5, 0.6) is 0 Å². The van der Waals surface area contributed by atoms with Crippen molar-refractivity contribution in [2.45, 2.75) is 31.1 Å². The Bertz CT molecular complexity index is 1020. The number of sulfonamides is 1. The molecule has 2 N–H and O–H groups in total. The van der Waals surface area contributed by atoms with Crippen LogP contribution in [-0.2, 0) is 27.7 Å². The molecule has 0 aliphatic carbocycles. The van der Waals surface area contributed by atoms with Crippen LogP contribution < -0.4 is 14.9 Å². The third kappa shape index (κ3) is 3.44. The normalized spacial score (nSPS) is 16.2. The molecule has 0 saturated heterocycles. The van der Waals surface area contributed by atoms with E-state index in [-0.39, 0.29) is 10.8 Å². The van der Waals surface area contributed by atoms with Gasteiger partial charge >= 0.3 is 0 Å². The number of nitrogens with zero attached hydrogens (tertiary/aromatic N) is 2. The van der Waals surface area contributed by atoms with Crippen LogP contribution in [0.1, 0.15) is 23.1 Å². The van der Waals surface area contributed by atoms with Crippen LogP contribution >= 0.6 is 0 Å². The van der Waals surface area contributed by atoms with Crippen molar-refractivity contribution in [2.24, 2.45) is 5.14 Å². The summed E-state index contributed by atoms with van der Waals surface area (Å²) in [6, 6.07) is 11.1. The molecule has 2 aliphatic heterocycles. The number of hydrogen-bond acceptors (Lipinski definition) is 4. The fourth-order valence-corrected chi connectivity index (χ4v) is 4.60. The number of carbonyl (C=O) groups excluding carboxylic acids is 1. The van der Waals surface area contributed by atoms with Crippen LogP contribution in [0.25, 0.3) is 0 Å². The summed E-state index contributed by atoms with van der Waals surface area (Å²) in [5.74, 6) is 0.0329. The summed E-state index contributed by atoms with van der Waals surface area (Å²) in [6.45, 7) is 3.84. The van der Waals surface area contributed by atoms with Crippen molar-refractivity contribution in [1.29, 1.82) is 0 Å². The maximum Gasteiger partial charge on any atom is 0.246 e. The summed E-state index contributed by atoms with van der Waals surface area (Å²) in [5, 5.41) is 5.21. The van der Waals surface area contributed by atoms with Gasteiger partial charge in [0, 0.05) is 24.5 Å². The highest BCUT2D eigenvalue weighted by molar-refractivity contribution is 7.89. The van der Waals surface area contributed by atoms with E-state index in [0.29, 0.717) is 19.5 Å². The molecular weight excluding hydrogens is 362 g/mol. The summed E-state index contributed by atoms with van der Waals surface area (Å²) >= 11 is 0. The van der Waals surface area contributed by atoms with E-state index in [1.54, 1.807) is 17.0 Å². The Kier molecular flexibility index (Phi) is 4.44. The number of carbonyl (C=O) groups is 1. The van der Waals surface area contributed by atoms with Crippen LogP contribution in [0.4, 0.5) is 11.4 Å². The van der Waals surface area contributed by atoms with Crippen LogP contribution in [-0.4, -0.2) is 34.0 Å². The summed E-state index contributed by atoms with van der Waals surface area (Å²) < 4.78 is 23.1. The second kappa shape index (κ2) is 6.65. The Morgan fingerprint density at radius 2 is 1.78 bits per heavy atom. The minimum atomic E-state index is -3.73. The molecule has 4 rings (SSSR count). The predicted molar refractivity (Wildman–Crippen MR) is 106 cm³/mol. The third-order valence-corrected chi connectivity index (χ3v) is 6.26. The maximum absolute atomic E-state index is 13.0. The van der Waals surface area contributed by atoms with E-state index >= 15 is 0 Å². The first-order chi connectivity index (χ1) is 12.8. The van der Waals surface area contributed by atoms with Crippen molar-refractivity contribution in [1.82, 2.24) is 0 Å². The first-order valence-corrected chi connectivity index (χ1v) is 10.7. The maximum atomic E-state index is 13.0. The molecule has 27 heavy (non-hydrogen) atoms. The van der Waals surface area contributed by atoms with Gasteiger partial charge in [0.05, 0.1) is 11.4 Å². The molecule has 0 atom stereocenters. The Balaban J connectivity index is 1.55. The molecule has 0 unspecified atom stereocenters. The predicted octanol–water partition coefficient (Wildman–Crippen LogP) is 1.98. The molecule has 2 aromatic carbocycles. The smallest absolute Gasteiger partial charge is 0.246 e. The Morgan fingerprint density at radius 1 is 1.04 bits per heavy atom. The van der Waals surface area contributed by atoms with E-state index < -0.39 is 10.0 Å². The number of amides is 1. The van der Waals surface area contributed by atoms with E-state index in [0.717, 1.165) is 36.3 Å². The van der Waals surface area contributed by atoms with Crippen molar-refractivity contribution in [3.8, 4) is 0 Å². The van der Waals surface area contributed by atoms with Gasteiger partial charge in [-0.1, -0.05) is 17.7 Å². The lowest BCUT2D eigenvalue weighted by Gasteiger charge is -2.32. The number of benzene rings is 2. The van der Waals surface area contributed by atoms with E-state index in [9.17, 15) is 13.2 Å². The highest BCUT2D eigenvalue weighted by atomic mass is 32.2. The zero-order valence-electron chi connectivity index (χ0n) is 15.3. The molecule has 6 nitrogen and oxygen atoms in total. The van der Waals surface area contributed by atoms with Gasteiger partial charge in [-0.3, -0.25) is 4.79 Å². The second-order valence-electron chi connectivity index (χ2n) is 7.29. The van der Waals surface area contributed by atoms with Crippen molar-refractivity contribution in [2.75, 3.05) is 29.4 Å². The number of fused-ring (bicyclic) bond motifs is 2. The first kappa shape index (κ1) is 18.0. The zero-order valence-corrected chi connectivity index (χ0v) is 16.1.